The molecule has 2 N–H and O–H groups in total. The van der Waals surface area contributed by atoms with Gasteiger partial charge in [-0.15, -0.1) is 0 Å². The maximum atomic E-state index is 10.5. The van der Waals surface area contributed by atoms with Crippen LogP contribution in [0.1, 0.15) is 26.2 Å². The molecule has 0 radical (unpaired) electrons. The van der Waals surface area contributed by atoms with E-state index < -0.39 is 0 Å². The fraction of sp³-hybridized carbons (Fsp3) is 0.875. The summed E-state index contributed by atoms with van der Waals surface area (Å²) in [5.74, 6) is 0.0670. The van der Waals surface area contributed by atoms with E-state index in [2.05, 4.69) is 10.6 Å². The Labute approximate surface area is 67.5 Å². The number of nitrogens with one attached hydrogen (secondary N) is 2. The van der Waals surface area contributed by atoms with Crippen molar-refractivity contribution < 1.29 is 4.79 Å². The van der Waals surface area contributed by atoms with Crippen LogP contribution in [-0.2, 0) is 4.79 Å². The van der Waals surface area contributed by atoms with Crippen molar-refractivity contribution in [1.29, 1.82) is 0 Å². The fourth-order valence-electron chi connectivity index (χ4n) is 1.37. The summed E-state index contributed by atoms with van der Waals surface area (Å²) in [6.07, 6.45) is 3.76. The van der Waals surface area contributed by atoms with Crippen LogP contribution in [-0.4, -0.2) is 25.0 Å². The normalized spacial score (nSPS) is 24.6. The number of hydrogen-bond acceptors (Lipinski definition) is 2. The standard InChI is InChI=1S/C8H16N2O/c1-7(11)10-6-8-4-2-3-5-9-8/h8-9H,2-6H2,1H3,(H,10,11). The van der Waals surface area contributed by atoms with Gasteiger partial charge in [0.15, 0.2) is 0 Å². The van der Waals surface area contributed by atoms with Gasteiger partial charge in [-0.3, -0.25) is 4.79 Å². The molecule has 11 heavy (non-hydrogen) atoms. The number of hydrogen-bond donors (Lipinski definition) is 2. The molecule has 1 unspecified atom stereocenters. The number of amides is 1. The minimum Gasteiger partial charge on any atom is -0.355 e. The van der Waals surface area contributed by atoms with E-state index in [1.807, 2.05) is 0 Å². The van der Waals surface area contributed by atoms with Crippen LogP contribution >= 0.6 is 0 Å². The van der Waals surface area contributed by atoms with Crippen molar-refractivity contribution in [1.82, 2.24) is 10.6 Å². The highest BCUT2D eigenvalue weighted by molar-refractivity contribution is 5.72. The van der Waals surface area contributed by atoms with E-state index in [0.717, 1.165) is 13.1 Å². The molecule has 0 aromatic heterocycles. The second-order valence-corrected chi connectivity index (χ2v) is 3.08. The molecule has 0 aromatic rings. The fourth-order valence-corrected chi connectivity index (χ4v) is 1.37. The highest BCUT2D eigenvalue weighted by Crippen LogP contribution is 2.05. The van der Waals surface area contributed by atoms with Crippen LogP contribution in [0.5, 0.6) is 0 Å². The highest BCUT2D eigenvalue weighted by Gasteiger charge is 2.11. The van der Waals surface area contributed by atoms with E-state index in [9.17, 15) is 4.79 Å². The lowest BCUT2D eigenvalue weighted by Crippen LogP contribution is -2.42. The van der Waals surface area contributed by atoms with Gasteiger partial charge >= 0.3 is 0 Å². The molecule has 1 aliphatic heterocycles. The number of carbonyl (C=O) groups excluding carboxylic acids is 1. The molecular formula is C8H16N2O. The van der Waals surface area contributed by atoms with Crippen molar-refractivity contribution in [2.75, 3.05) is 13.1 Å². The van der Waals surface area contributed by atoms with Crippen LogP contribution in [0.4, 0.5) is 0 Å². The Morgan fingerprint density at radius 1 is 1.64 bits per heavy atom. The first kappa shape index (κ1) is 8.53. The summed E-state index contributed by atoms with van der Waals surface area (Å²) >= 11 is 0. The van der Waals surface area contributed by atoms with Crippen LogP contribution in [0.25, 0.3) is 0 Å². The van der Waals surface area contributed by atoms with Gasteiger partial charge in [-0.2, -0.15) is 0 Å². The molecule has 3 heteroatoms. The first-order chi connectivity index (χ1) is 5.29. The molecule has 1 saturated heterocycles. The summed E-state index contributed by atoms with van der Waals surface area (Å²) in [4.78, 5) is 10.5. The number of carbonyl (C=O) groups is 1. The summed E-state index contributed by atoms with van der Waals surface area (Å²) in [5, 5.41) is 6.17. The molecule has 1 aliphatic rings. The Kier molecular flexibility index (Phi) is 3.36. The highest BCUT2D eigenvalue weighted by atomic mass is 16.1. The topological polar surface area (TPSA) is 41.1 Å². The molecule has 1 heterocycles. The minimum absolute atomic E-state index is 0.0670. The third kappa shape index (κ3) is 3.37. The Bertz CT molecular complexity index is 130. The third-order valence-corrected chi connectivity index (χ3v) is 2.01. The smallest absolute Gasteiger partial charge is 0.216 e. The Morgan fingerprint density at radius 3 is 3.00 bits per heavy atom. The molecule has 64 valence electrons. The first-order valence-corrected chi connectivity index (χ1v) is 4.27. The van der Waals surface area contributed by atoms with Gasteiger partial charge in [0.2, 0.25) is 5.91 Å². The molecule has 1 amide bonds. The van der Waals surface area contributed by atoms with Gasteiger partial charge in [-0.1, -0.05) is 6.42 Å². The summed E-state index contributed by atoms with van der Waals surface area (Å²) in [7, 11) is 0. The van der Waals surface area contributed by atoms with Crippen molar-refractivity contribution >= 4 is 5.91 Å². The maximum absolute atomic E-state index is 10.5. The van der Waals surface area contributed by atoms with Gasteiger partial charge in [0.05, 0.1) is 0 Å². The van der Waals surface area contributed by atoms with Crippen molar-refractivity contribution in [3.63, 3.8) is 0 Å². The third-order valence-electron chi connectivity index (χ3n) is 2.01. The summed E-state index contributed by atoms with van der Waals surface area (Å²) in [6, 6.07) is 0.507. The van der Waals surface area contributed by atoms with Crippen molar-refractivity contribution in [3.05, 3.63) is 0 Å². The van der Waals surface area contributed by atoms with E-state index in [0.29, 0.717) is 6.04 Å². The number of rotatable bonds is 2. The summed E-state index contributed by atoms with van der Waals surface area (Å²) < 4.78 is 0. The molecule has 0 spiro atoms. The van der Waals surface area contributed by atoms with Crippen LogP contribution in [0.2, 0.25) is 0 Å². The van der Waals surface area contributed by atoms with Gasteiger partial charge in [0.25, 0.3) is 0 Å². The molecule has 3 nitrogen and oxygen atoms in total. The van der Waals surface area contributed by atoms with Gasteiger partial charge < -0.3 is 10.6 Å². The zero-order valence-electron chi connectivity index (χ0n) is 7.02. The van der Waals surface area contributed by atoms with Crippen molar-refractivity contribution in [2.24, 2.45) is 0 Å². The molecule has 1 atom stereocenters. The van der Waals surface area contributed by atoms with Crippen LogP contribution in [0.3, 0.4) is 0 Å². The van der Waals surface area contributed by atoms with E-state index in [4.69, 9.17) is 0 Å². The zero-order valence-corrected chi connectivity index (χ0v) is 7.02. The van der Waals surface area contributed by atoms with Gasteiger partial charge in [0.1, 0.15) is 0 Å². The van der Waals surface area contributed by atoms with Gasteiger partial charge in [0, 0.05) is 19.5 Å². The maximum Gasteiger partial charge on any atom is 0.216 e. The quantitative estimate of drug-likeness (QED) is 0.602. The molecule has 0 aromatic carbocycles. The lowest BCUT2D eigenvalue weighted by atomic mass is 10.1. The van der Waals surface area contributed by atoms with E-state index in [1.165, 1.54) is 19.3 Å². The van der Waals surface area contributed by atoms with Crippen LogP contribution < -0.4 is 10.6 Å². The average Bonchev–Trinajstić information content (AvgIpc) is 2.03. The van der Waals surface area contributed by atoms with Crippen molar-refractivity contribution in [2.45, 2.75) is 32.2 Å². The molecular weight excluding hydrogens is 140 g/mol. The lowest BCUT2D eigenvalue weighted by Gasteiger charge is -2.23. The lowest BCUT2D eigenvalue weighted by molar-refractivity contribution is -0.119. The SMILES string of the molecule is CC(=O)NCC1CCCCN1. The summed E-state index contributed by atoms with van der Waals surface area (Å²) in [6.45, 7) is 3.45. The van der Waals surface area contributed by atoms with Crippen molar-refractivity contribution in [3.8, 4) is 0 Å². The van der Waals surface area contributed by atoms with E-state index >= 15 is 0 Å². The summed E-state index contributed by atoms with van der Waals surface area (Å²) in [5.41, 5.74) is 0. The number of piperidine rings is 1. The van der Waals surface area contributed by atoms with Gasteiger partial charge in [-0.05, 0) is 19.4 Å². The largest absolute Gasteiger partial charge is 0.355 e. The predicted octanol–water partition coefficient (Wildman–Crippen LogP) is 0.265. The molecule has 1 rings (SSSR count). The molecule has 0 saturated carbocycles. The molecule has 1 fully saturated rings. The van der Waals surface area contributed by atoms with Gasteiger partial charge in [-0.25, -0.2) is 0 Å². The first-order valence-electron chi connectivity index (χ1n) is 4.27. The second kappa shape index (κ2) is 4.34. The van der Waals surface area contributed by atoms with E-state index in [1.54, 1.807) is 6.92 Å². The Hall–Kier alpha value is -0.570. The van der Waals surface area contributed by atoms with Crippen LogP contribution in [0.15, 0.2) is 0 Å². The molecule has 0 bridgehead atoms. The average molecular weight is 156 g/mol. The predicted molar refractivity (Wildman–Crippen MR) is 44.3 cm³/mol. The Morgan fingerprint density at radius 2 is 2.45 bits per heavy atom. The second-order valence-electron chi connectivity index (χ2n) is 3.08. The van der Waals surface area contributed by atoms with E-state index in [-0.39, 0.29) is 5.91 Å². The monoisotopic (exact) mass is 156 g/mol. The van der Waals surface area contributed by atoms with Crippen LogP contribution in [0, 0.1) is 0 Å². The molecule has 0 aliphatic carbocycles. The zero-order chi connectivity index (χ0) is 8.10. The Balaban J connectivity index is 2.09. The minimum atomic E-state index is 0.0670.